The second kappa shape index (κ2) is 3.33. The SMILES string of the molecule is C1Cc2c(nnn2C2CCOC2)CN1. The Morgan fingerprint density at radius 2 is 2.50 bits per heavy atom. The minimum absolute atomic E-state index is 0.421. The third-order valence-corrected chi connectivity index (χ3v) is 2.95. The first-order valence-electron chi connectivity index (χ1n) is 5.16. The smallest absolute Gasteiger partial charge is 0.0997 e. The maximum Gasteiger partial charge on any atom is 0.0997 e. The van der Waals surface area contributed by atoms with Crippen LogP contribution in [0.4, 0.5) is 0 Å². The highest BCUT2D eigenvalue weighted by molar-refractivity contribution is 5.14. The van der Waals surface area contributed by atoms with E-state index in [-0.39, 0.29) is 0 Å². The van der Waals surface area contributed by atoms with Gasteiger partial charge in [-0.15, -0.1) is 5.10 Å². The third kappa shape index (κ3) is 1.24. The second-order valence-corrected chi connectivity index (χ2v) is 3.87. The number of nitrogens with zero attached hydrogens (tertiary/aromatic N) is 3. The molecule has 3 rings (SSSR count). The Morgan fingerprint density at radius 3 is 3.36 bits per heavy atom. The molecule has 0 aliphatic carbocycles. The van der Waals surface area contributed by atoms with Crippen LogP contribution in [0.2, 0.25) is 0 Å². The molecule has 0 spiro atoms. The average molecular weight is 194 g/mol. The van der Waals surface area contributed by atoms with Crippen LogP contribution < -0.4 is 5.32 Å². The summed E-state index contributed by atoms with van der Waals surface area (Å²) in [6.45, 7) is 3.55. The molecule has 0 radical (unpaired) electrons. The van der Waals surface area contributed by atoms with Crippen molar-refractivity contribution in [2.24, 2.45) is 0 Å². The maximum atomic E-state index is 5.37. The molecule has 1 unspecified atom stereocenters. The van der Waals surface area contributed by atoms with Gasteiger partial charge in [-0.1, -0.05) is 5.21 Å². The van der Waals surface area contributed by atoms with Gasteiger partial charge in [0.15, 0.2) is 0 Å². The molecule has 5 nitrogen and oxygen atoms in total. The van der Waals surface area contributed by atoms with E-state index in [1.54, 1.807) is 0 Å². The number of fused-ring (bicyclic) bond motifs is 1. The fourth-order valence-corrected chi connectivity index (χ4v) is 2.16. The van der Waals surface area contributed by atoms with Gasteiger partial charge in [-0.2, -0.15) is 0 Å². The summed E-state index contributed by atoms with van der Waals surface area (Å²) in [5, 5.41) is 11.7. The zero-order valence-corrected chi connectivity index (χ0v) is 8.07. The van der Waals surface area contributed by atoms with Gasteiger partial charge < -0.3 is 10.1 Å². The van der Waals surface area contributed by atoms with Crippen molar-refractivity contribution >= 4 is 0 Å². The van der Waals surface area contributed by atoms with E-state index in [4.69, 9.17) is 4.74 Å². The highest BCUT2D eigenvalue weighted by atomic mass is 16.5. The van der Waals surface area contributed by atoms with E-state index >= 15 is 0 Å². The van der Waals surface area contributed by atoms with Gasteiger partial charge in [0, 0.05) is 26.1 Å². The molecule has 1 aromatic heterocycles. The Kier molecular flexibility index (Phi) is 1.99. The lowest BCUT2D eigenvalue weighted by atomic mass is 10.1. The summed E-state index contributed by atoms with van der Waals surface area (Å²) >= 11 is 0. The standard InChI is InChI=1S/C9H14N4O/c1-3-10-5-8-9(1)13(12-11-8)7-2-4-14-6-7/h7,10H,1-6H2. The minimum Gasteiger partial charge on any atom is -0.379 e. The van der Waals surface area contributed by atoms with Gasteiger partial charge in [0.2, 0.25) is 0 Å². The van der Waals surface area contributed by atoms with Gasteiger partial charge in [-0.3, -0.25) is 0 Å². The van der Waals surface area contributed by atoms with Crippen molar-refractivity contribution < 1.29 is 4.74 Å². The van der Waals surface area contributed by atoms with E-state index in [2.05, 4.69) is 20.3 Å². The van der Waals surface area contributed by atoms with Gasteiger partial charge in [0.1, 0.15) is 0 Å². The monoisotopic (exact) mass is 194 g/mol. The zero-order chi connectivity index (χ0) is 9.38. The van der Waals surface area contributed by atoms with Crippen LogP contribution in [0.1, 0.15) is 23.9 Å². The largest absolute Gasteiger partial charge is 0.379 e. The molecule has 1 N–H and O–H groups in total. The predicted octanol–water partition coefficient (Wildman–Crippen LogP) is -0.115. The van der Waals surface area contributed by atoms with Gasteiger partial charge in [-0.25, -0.2) is 4.68 Å². The molecule has 14 heavy (non-hydrogen) atoms. The van der Waals surface area contributed by atoms with E-state index in [0.29, 0.717) is 6.04 Å². The summed E-state index contributed by atoms with van der Waals surface area (Å²) in [4.78, 5) is 0. The molecule has 5 heteroatoms. The number of hydrogen-bond donors (Lipinski definition) is 1. The fourth-order valence-electron chi connectivity index (χ4n) is 2.16. The van der Waals surface area contributed by atoms with E-state index < -0.39 is 0 Å². The molecule has 0 aromatic carbocycles. The van der Waals surface area contributed by atoms with Crippen molar-refractivity contribution in [3.05, 3.63) is 11.4 Å². The van der Waals surface area contributed by atoms with Crippen LogP contribution in [-0.4, -0.2) is 34.8 Å². The number of aromatic nitrogens is 3. The summed E-state index contributed by atoms with van der Waals surface area (Å²) in [5.41, 5.74) is 2.42. The first kappa shape index (κ1) is 8.38. The van der Waals surface area contributed by atoms with E-state index in [1.807, 2.05) is 0 Å². The Morgan fingerprint density at radius 1 is 1.50 bits per heavy atom. The van der Waals surface area contributed by atoms with Gasteiger partial charge >= 0.3 is 0 Å². The molecule has 0 bridgehead atoms. The van der Waals surface area contributed by atoms with E-state index in [9.17, 15) is 0 Å². The van der Waals surface area contributed by atoms with Crippen molar-refractivity contribution in [3.8, 4) is 0 Å². The van der Waals surface area contributed by atoms with Gasteiger partial charge in [-0.05, 0) is 6.42 Å². The molecular formula is C9H14N4O. The molecule has 3 heterocycles. The van der Waals surface area contributed by atoms with Gasteiger partial charge in [0.25, 0.3) is 0 Å². The number of nitrogens with one attached hydrogen (secondary N) is 1. The van der Waals surface area contributed by atoms with Crippen molar-refractivity contribution in [3.63, 3.8) is 0 Å². The number of hydrogen-bond acceptors (Lipinski definition) is 4. The quantitative estimate of drug-likeness (QED) is 0.677. The van der Waals surface area contributed by atoms with E-state index in [1.165, 1.54) is 5.69 Å². The van der Waals surface area contributed by atoms with E-state index in [0.717, 1.165) is 44.8 Å². The average Bonchev–Trinajstić information content (AvgIpc) is 2.85. The number of ether oxygens (including phenoxy) is 1. The summed E-state index contributed by atoms with van der Waals surface area (Å²) in [5.74, 6) is 0. The fraction of sp³-hybridized carbons (Fsp3) is 0.778. The lowest BCUT2D eigenvalue weighted by Gasteiger charge is -2.16. The van der Waals surface area contributed by atoms with Crippen LogP contribution in [-0.2, 0) is 17.7 Å². The highest BCUT2D eigenvalue weighted by Gasteiger charge is 2.24. The Hall–Kier alpha value is -0.940. The molecule has 1 saturated heterocycles. The summed E-state index contributed by atoms with van der Waals surface area (Å²) in [6, 6.07) is 0.421. The van der Waals surface area contributed by atoms with Gasteiger partial charge in [0.05, 0.1) is 24.0 Å². The molecule has 2 aliphatic rings. The van der Waals surface area contributed by atoms with Crippen LogP contribution in [0.5, 0.6) is 0 Å². The molecule has 0 saturated carbocycles. The Labute approximate surface area is 82.4 Å². The van der Waals surface area contributed by atoms with Crippen molar-refractivity contribution in [1.29, 1.82) is 0 Å². The molecule has 2 aliphatic heterocycles. The Balaban J connectivity index is 1.93. The maximum absolute atomic E-state index is 5.37. The van der Waals surface area contributed by atoms with Crippen molar-refractivity contribution in [1.82, 2.24) is 20.3 Å². The molecule has 76 valence electrons. The van der Waals surface area contributed by atoms with Crippen LogP contribution in [0.25, 0.3) is 0 Å². The lowest BCUT2D eigenvalue weighted by molar-refractivity contribution is 0.183. The topological polar surface area (TPSA) is 52.0 Å². The predicted molar refractivity (Wildman–Crippen MR) is 49.9 cm³/mol. The minimum atomic E-state index is 0.421. The molecule has 0 amide bonds. The molecule has 1 atom stereocenters. The van der Waals surface area contributed by atoms with Crippen LogP contribution >= 0.6 is 0 Å². The summed E-state index contributed by atoms with van der Waals surface area (Å²) < 4.78 is 7.44. The summed E-state index contributed by atoms with van der Waals surface area (Å²) in [7, 11) is 0. The highest BCUT2D eigenvalue weighted by Crippen LogP contribution is 2.22. The molecule has 1 aromatic rings. The van der Waals surface area contributed by atoms with Crippen molar-refractivity contribution in [2.75, 3.05) is 19.8 Å². The molecular weight excluding hydrogens is 180 g/mol. The van der Waals surface area contributed by atoms with Crippen molar-refractivity contribution in [2.45, 2.75) is 25.4 Å². The first-order valence-corrected chi connectivity index (χ1v) is 5.16. The first-order chi connectivity index (χ1) is 6.95. The normalized spacial score (nSPS) is 26.4. The lowest BCUT2D eigenvalue weighted by Crippen LogP contribution is -2.26. The molecule has 1 fully saturated rings. The van der Waals surface area contributed by atoms with Crippen LogP contribution in [0.15, 0.2) is 0 Å². The number of rotatable bonds is 1. The van der Waals surface area contributed by atoms with Crippen LogP contribution in [0, 0.1) is 0 Å². The zero-order valence-electron chi connectivity index (χ0n) is 8.07. The van der Waals surface area contributed by atoms with Crippen LogP contribution in [0.3, 0.4) is 0 Å². The summed E-state index contributed by atoms with van der Waals surface area (Å²) in [6.07, 6.45) is 2.11. The Bertz CT molecular complexity index is 330. The second-order valence-electron chi connectivity index (χ2n) is 3.87. The third-order valence-electron chi connectivity index (χ3n) is 2.95.